The van der Waals surface area contributed by atoms with Gasteiger partial charge >= 0.3 is 0 Å². The third kappa shape index (κ3) is 8.15. The molecule has 0 saturated heterocycles. The van der Waals surface area contributed by atoms with Crippen molar-refractivity contribution in [3.63, 3.8) is 0 Å². The number of hydrogen-bond donors (Lipinski definition) is 4. The lowest BCUT2D eigenvalue weighted by Crippen LogP contribution is -2.59. The van der Waals surface area contributed by atoms with Crippen molar-refractivity contribution in [3.8, 4) is 0 Å². The third-order valence-electron chi connectivity index (χ3n) is 9.57. The molecule has 40 heavy (non-hydrogen) atoms. The van der Waals surface area contributed by atoms with E-state index in [2.05, 4.69) is 33.4 Å². The quantitative estimate of drug-likeness (QED) is 0.0577. The van der Waals surface area contributed by atoms with Gasteiger partial charge in [0.1, 0.15) is 6.29 Å². The summed E-state index contributed by atoms with van der Waals surface area (Å²) in [7, 11) is 0. The highest BCUT2D eigenvalue weighted by Gasteiger charge is 2.64. The monoisotopic (exact) mass is 556 g/mol. The molecule has 0 amide bonds. The van der Waals surface area contributed by atoms with Crippen LogP contribution in [0.15, 0.2) is 58.7 Å². The van der Waals surface area contributed by atoms with E-state index in [9.17, 15) is 25.2 Å². The predicted octanol–water partition coefficient (Wildman–Crippen LogP) is 6.92. The molecule has 0 radical (unpaired) electrons. The van der Waals surface area contributed by atoms with Crippen LogP contribution in [0.1, 0.15) is 112 Å². The maximum Gasteiger partial charge on any atom is 0.145 e. The van der Waals surface area contributed by atoms with E-state index in [-0.39, 0.29) is 18.4 Å². The molecule has 4 N–H and O–H groups in total. The van der Waals surface area contributed by atoms with Crippen molar-refractivity contribution in [2.45, 2.75) is 129 Å². The fourth-order valence-corrected chi connectivity index (χ4v) is 7.28. The van der Waals surface area contributed by atoms with E-state index in [0.717, 1.165) is 55.1 Å². The lowest BCUT2D eigenvalue weighted by Gasteiger charge is -2.55. The molecule has 1 spiro atoms. The van der Waals surface area contributed by atoms with Gasteiger partial charge in [0, 0.05) is 17.9 Å². The highest BCUT2D eigenvalue weighted by Crippen LogP contribution is 2.63. The van der Waals surface area contributed by atoms with E-state index < -0.39 is 23.2 Å². The second-order valence-corrected chi connectivity index (χ2v) is 12.7. The Morgan fingerprint density at radius 2 is 1.90 bits per heavy atom. The summed E-state index contributed by atoms with van der Waals surface area (Å²) in [4.78, 5) is 11.8. The molecule has 0 aromatic carbocycles. The van der Waals surface area contributed by atoms with Crippen molar-refractivity contribution in [1.29, 1.82) is 0 Å². The number of aliphatic hydroxyl groups is 4. The zero-order valence-corrected chi connectivity index (χ0v) is 25.8. The molecule has 2 aliphatic carbocycles. The number of carbonyl (C=O) groups excluding carboxylic acids is 1. The van der Waals surface area contributed by atoms with E-state index >= 15 is 0 Å². The van der Waals surface area contributed by atoms with Crippen molar-refractivity contribution in [3.05, 3.63) is 58.7 Å². The molecule has 2 saturated carbocycles. The lowest BCUT2D eigenvalue weighted by molar-refractivity contribution is -0.168. The Bertz CT molecular complexity index is 964. The van der Waals surface area contributed by atoms with Gasteiger partial charge in [-0.1, -0.05) is 73.8 Å². The van der Waals surface area contributed by atoms with Gasteiger partial charge in [0.25, 0.3) is 0 Å². The van der Waals surface area contributed by atoms with Gasteiger partial charge in [-0.25, -0.2) is 0 Å². The molecular weight excluding hydrogens is 500 g/mol. The van der Waals surface area contributed by atoms with Crippen LogP contribution in [0.2, 0.25) is 0 Å². The van der Waals surface area contributed by atoms with E-state index in [4.69, 9.17) is 0 Å². The van der Waals surface area contributed by atoms with E-state index in [1.54, 1.807) is 0 Å². The molecule has 2 fully saturated rings. The molecule has 0 heterocycles. The Hall–Kier alpha value is -1.79. The average Bonchev–Trinajstić information content (AvgIpc) is 3.24. The van der Waals surface area contributed by atoms with Crippen LogP contribution in [0, 0.1) is 17.3 Å². The number of rotatable bonds is 15. The smallest absolute Gasteiger partial charge is 0.145 e. The van der Waals surface area contributed by atoms with Crippen molar-refractivity contribution in [1.82, 2.24) is 0 Å². The molecule has 0 unspecified atom stereocenters. The van der Waals surface area contributed by atoms with Crippen molar-refractivity contribution in [2.24, 2.45) is 17.3 Å². The van der Waals surface area contributed by atoms with Crippen molar-refractivity contribution in [2.75, 3.05) is 6.61 Å². The number of aldehydes is 1. The molecule has 0 aromatic heterocycles. The van der Waals surface area contributed by atoms with Gasteiger partial charge in [-0.3, -0.25) is 4.79 Å². The first-order valence-electron chi connectivity index (χ1n) is 15.5. The van der Waals surface area contributed by atoms with Crippen LogP contribution in [-0.2, 0) is 4.79 Å². The van der Waals surface area contributed by atoms with Crippen LogP contribution in [0.5, 0.6) is 0 Å². The molecule has 0 bridgehead atoms. The van der Waals surface area contributed by atoms with Gasteiger partial charge in [-0.05, 0) is 103 Å². The van der Waals surface area contributed by atoms with Crippen LogP contribution in [0.3, 0.4) is 0 Å². The van der Waals surface area contributed by atoms with E-state index in [1.807, 2.05) is 32.1 Å². The van der Waals surface area contributed by atoms with E-state index in [0.29, 0.717) is 50.5 Å². The van der Waals surface area contributed by atoms with Crippen LogP contribution in [0.25, 0.3) is 0 Å². The highest BCUT2D eigenvalue weighted by molar-refractivity contribution is 5.74. The van der Waals surface area contributed by atoms with Gasteiger partial charge in [0.15, 0.2) is 0 Å². The summed E-state index contributed by atoms with van der Waals surface area (Å²) in [5.41, 5.74) is 2.78. The molecule has 0 aliphatic heterocycles. The van der Waals surface area contributed by atoms with E-state index in [1.165, 1.54) is 5.57 Å². The number of aliphatic hydroxyl groups excluding tert-OH is 3. The van der Waals surface area contributed by atoms with Crippen LogP contribution >= 0.6 is 0 Å². The minimum atomic E-state index is -1.14. The van der Waals surface area contributed by atoms with Crippen molar-refractivity contribution >= 4 is 6.29 Å². The van der Waals surface area contributed by atoms with Gasteiger partial charge in [0.2, 0.25) is 0 Å². The van der Waals surface area contributed by atoms with Crippen LogP contribution in [0.4, 0.5) is 0 Å². The number of unbranched alkanes of at least 4 members (excludes halogenated alkanes) is 2. The summed E-state index contributed by atoms with van der Waals surface area (Å²) in [5.74, 6) is -0.517. The Morgan fingerprint density at radius 1 is 1.18 bits per heavy atom. The van der Waals surface area contributed by atoms with Gasteiger partial charge < -0.3 is 20.4 Å². The third-order valence-corrected chi connectivity index (χ3v) is 9.57. The Labute approximate surface area is 243 Å². The van der Waals surface area contributed by atoms with Gasteiger partial charge in [0.05, 0.1) is 17.8 Å². The fraction of sp³-hybridized carbons (Fsp3) is 0.686. The Morgan fingerprint density at radius 3 is 2.52 bits per heavy atom. The molecule has 2 aliphatic rings. The maximum atomic E-state index is 12.2. The second-order valence-electron chi connectivity index (χ2n) is 12.7. The average molecular weight is 557 g/mol. The first kappa shape index (κ1) is 34.4. The number of carbonyl (C=O) groups is 1. The van der Waals surface area contributed by atoms with Crippen molar-refractivity contribution < 1.29 is 25.2 Å². The summed E-state index contributed by atoms with van der Waals surface area (Å²) in [5, 5.41) is 45.1. The molecule has 0 aromatic rings. The zero-order valence-electron chi connectivity index (χ0n) is 25.8. The first-order valence-corrected chi connectivity index (χ1v) is 15.5. The second kappa shape index (κ2) is 16.0. The van der Waals surface area contributed by atoms with Crippen LogP contribution < -0.4 is 0 Å². The number of allylic oxidation sites excluding steroid dienone is 8. The highest BCUT2D eigenvalue weighted by atomic mass is 16.3. The van der Waals surface area contributed by atoms with Crippen LogP contribution in [-0.4, -0.2) is 51.1 Å². The predicted molar refractivity (Wildman–Crippen MR) is 165 cm³/mol. The Balaban J connectivity index is 2.48. The summed E-state index contributed by atoms with van der Waals surface area (Å²) >= 11 is 0. The standard InChI is InChI=1S/C35H56O5/c1-7-8-9-18-32(38)29(16-11-15-26(4)14-10-13-25(2)3)30-20-22-35(33(30)39)31(17-12-23-36)28(27(5)24-37)19-21-34(35,6)40/h11,13,15-16,24,30-33,36,38-40H,4,7-10,12,14,17-23H2,1-3,5-6H3/b15-11+,28-27-,29-16+/t30-,31-,32+,33+,34+,35+/m0/s1. The zero-order chi connectivity index (χ0) is 29.9. The van der Waals surface area contributed by atoms with Gasteiger partial charge in [-0.2, -0.15) is 0 Å². The Kier molecular flexibility index (Phi) is 13.8. The molecule has 2 rings (SSSR count). The molecule has 5 heteroatoms. The molecule has 6 atom stereocenters. The first-order chi connectivity index (χ1) is 19.0. The minimum Gasteiger partial charge on any atom is -0.396 e. The summed E-state index contributed by atoms with van der Waals surface area (Å²) in [6, 6.07) is 0. The minimum absolute atomic E-state index is 0.0191. The topological polar surface area (TPSA) is 98.0 Å². The largest absolute Gasteiger partial charge is 0.396 e. The normalized spacial score (nSPS) is 31.0. The summed E-state index contributed by atoms with van der Waals surface area (Å²) in [6.07, 6.45) is 16.3. The number of hydrogen-bond acceptors (Lipinski definition) is 5. The lowest BCUT2D eigenvalue weighted by atomic mass is 9.52. The SMILES string of the molecule is C=C(/C=C/C=C(/[C@H](O)CCCCC)[C@@H]1CC[C@]2([C@@H]1O)[C@@H](CCCO)/C(=C(/C)C=O)CC[C@@]2(C)O)CCC=C(C)C. The summed E-state index contributed by atoms with van der Waals surface area (Å²) in [6.45, 7) is 14.2. The summed E-state index contributed by atoms with van der Waals surface area (Å²) < 4.78 is 0. The fourth-order valence-electron chi connectivity index (χ4n) is 7.28. The maximum absolute atomic E-state index is 12.2. The molecular formula is C35H56O5. The molecule has 226 valence electrons. The van der Waals surface area contributed by atoms with Gasteiger partial charge in [-0.15, -0.1) is 0 Å². The molecule has 5 nitrogen and oxygen atoms in total.